The molecule has 3 nitrogen and oxygen atoms in total. The summed E-state index contributed by atoms with van der Waals surface area (Å²) in [6.45, 7) is 2.48. The number of carbonyl (C=O) groups is 1. The third kappa shape index (κ3) is 2.96. The number of aromatic hydroxyl groups is 1. The van der Waals surface area contributed by atoms with E-state index in [9.17, 15) is 9.90 Å². The minimum Gasteiger partial charge on any atom is -0.508 e. The molecule has 0 unspecified atom stereocenters. The Kier molecular flexibility index (Phi) is 4.15. The van der Waals surface area contributed by atoms with Crippen molar-refractivity contribution in [3.63, 3.8) is 0 Å². The fourth-order valence-corrected chi connectivity index (χ4v) is 1.85. The second-order valence-electron chi connectivity index (χ2n) is 3.41. The molecule has 0 saturated carbocycles. The molecule has 0 fully saturated rings. The first kappa shape index (κ1) is 12.0. The molecule has 0 aliphatic carbocycles. The van der Waals surface area contributed by atoms with Gasteiger partial charge in [0.1, 0.15) is 5.75 Å². The van der Waals surface area contributed by atoms with Crippen LogP contribution in [0.15, 0.2) is 18.2 Å². The number of benzene rings is 1. The topological polar surface area (TPSA) is 40.5 Å². The van der Waals surface area contributed by atoms with Gasteiger partial charge in [0.15, 0.2) is 0 Å². The van der Waals surface area contributed by atoms with Crippen LogP contribution < -0.4 is 0 Å². The van der Waals surface area contributed by atoms with Crippen molar-refractivity contribution in [3.05, 3.63) is 29.3 Å². The zero-order valence-corrected chi connectivity index (χ0v) is 10.4. The van der Waals surface area contributed by atoms with Gasteiger partial charge in [-0.2, -0.15) is 0 Å². The molecule has 0 radical (unpaired) electrons. The number of phenols is 1. The Bertz CT molecular complexity index is 366. The highest BCUT2D eigenvalue weighted by atomic mass is 79.9. The highest BCUT2D eigenvalue weighted by Crippen LogP contribution is 2.16. The molecule has 82 valence electrons. The van der Waals surface area contributed by atoms with Crippen LogP contribution in [0.2, 0.25) is 0 Å². The molecule has 1 aromatic carbocycles. The predicted octanol–water partition coefficient (Wildman–Crippen LogP) is 2.17. The molecule has 0 aliphatic rings. The number of hydrogen-bond donors (Lipinski definition) is 1. The Hall–Kier alpha value is -1.03. The number of amides is 1. The average Bonchev–Trinajstić information content (AvgIpc) is 2.17. The SMILES string of the molecule is Cc1cc(O)ccc1C(=O)N(C)CCBr. The summed E-state index contributed by atoms with van der Waals surface area (Å²) in [6, 6.07) is 4.77. The van der Waals surface area contributed by atoms with Gasteiger partial charge in [0.25, 0.3) is 5.91 Å². The number of alkyl halides is 1. The fraction of sp³-hybridized carbons (Fsp3) is 0.364. The predicted molar refractivity (Wildman–Crippen MR) is 63.6 cm³/mol. The first-order valence-corrected chi connectivity index (χ1v) is 5.79. The highest BCUT2D eigenvalue weighted by Gasteiger charge is 2.13. The van der Waals surface area contributed by atoms with Gasteiger partial charge >= 0.3 is 0 Å². The molecule has 1 amide bonds. The summed E-state index contributed by atoms with van der Waals surface area (Å²) in [5.74, 6) is 0.166. The first-order valence-electron chi connectivity index (χ1n) is 4.67. The maximum atomic E-state index is 11.9. The van der Waals surface area contributed by atoms with Crippen LogP contribution in [0, 0.1) is 6.92 Å². The van der Waals surface area contributed by atoms with Crippen LogP contribution in [0.1, 0.15) is 15.9 Å². The summed E-state index contributed by atoms with van der Waals surface area (Å²) >= 11 is 3.29. The molecule has 1 rings (SSSR count). The van der Waals surface area contributed by atoms with E-state index >= 15 is 0 Å². The molecule has 15 heavy (non-hydrogen) atoms. The van der Waals surface area contributed by atoms with Gasteiger partial charge in [0, 0.05) is 24.5 Å². The van der Waals surface area contributed by atoms with Crippen molar-refractivity contribution in [2.24, 2.45) is 0 Å². The van der Waals surface area contributed by atoms with Crippen LogP contribution in [-0.4, -0.2) is 34.8 Å². The van der Waals surface area contributed by atoms with Crippen LogP contribution >= 0.6 is 15.9 Å². The lowest BCUT2D eigenvalue weighted by Gasteiger charge is -2.16. The van der Waals surface area contributed by atoms with Crippen molar-refractivity contribution in [1.29, 1.82) is 0 Å². The minimum atomic E-state index is -0.0213. The van der Waals surface area contributed by atoms with Crippen LogP contribution in [0.5, 0.6) is 5.75 Å². The number of rotatable bonds is 3. The normalized spacial score (nSPS) is 10.1. The molecule has 1 aromatic rings. The van der Waals surface area contributed by atoms with E-state index in [1.54, 1.807) is 24.1 Å². The Labute approximate surface area is 97.8 Å². The van der Waals surface area contributed by atoms with Gasteiger partial charge in [0.2, 0.25) is 0 Å². The zero-order chi connectivity index (χ0) is 11.4. The van der Waals surface area contributed by atoms with Crippen molar-refractivity contribution < 1.29 is 9.90 Å². The number of aryl methyl sites for hydroxylation is 1. The molecular weight excluding hydrogens is 258 g/mol. The summed E-state index contributed by atoms with van der Waals surface area (Å²) in [6.07, 6.45) is 0. The largest absolute Gasteiger partial charge is 0.508 e. The Morgan fingerprint density at radius 3 is 2.73 bits per heavy atom. The highest BCUT2D eigenvalue weighted by molar-refractivity contribution is 9.09. The summed E-state index contributed by atoms with van der Waals surface area (Å²) in [7, 11) is 1.76. The maximum absolute atomic E-state index is 11.9. The van der Waals surface area contributed by atoms with E-state index in [0.29, 0.717) is 12.1 Å². The van der Waals surface area contributed by atoms with E-state index in [2.05, 4.69) is 15.9 Å². The quantitative estimate of drug-likeness (QED) is 0.857. The monoisotopic (exact) mass is 271 g/mol. The first-order chi connectivity index (χ1) is 7.06. The summed E-state index contributed by atoms with van der Waals surface area (Å²) in [5, 5.41) is 9.99. The van der Waals surface area contributed by atoms with Gasteiger partial charge in [-0.3, -0.25) is 4.79 Å². The van der Waals surface area contributed by atoms with Gasteiger partial charge < -0.3 is 10.0 Å². The van der Waals surface area contributed by atoms with Crippen molar-refractivity contribution in [2.75, 3.05) is 18.9 Å². The molecule has 0 aromatic heterocycles. The summed E-state index contributed by atoms with van der Waals surface area (Å²) in [4.78, 5) is 13.5. The third-order valence-electron chi connectivity index (χ3n) is 2.21. The number of phenolic OH excluding ortho intramolecular Hbond substituents is 1. The zero-order valence-electron chi connectivity index (χ0n) is 8.83. The summed E-state index contributed by atoms with van der Waals surface area (Å²) < 4.78 is 0. The Balaban J connectivity index is 2.91. The van der Waals surface area contributed by atoms with E-state index in [1.807, 2.05) is 6.92 Å². The number of hydrogen-bond acceptors (Lipinski definition) is 2. The van der Waals surface area contributed by atoms with Gasteiger partial charge in [-0.15, -0.1) is 0 Å². The van der Waals surface area contributed by atoms with E-state index in [1.165, 1.54) is 6.07 Å². The number of halogens is 1. The molecular formula is C11H14BrNO2. The number of carbonyl (C=O) groups excluding carboxylic acids is 1. The smallest absolute Gasteiger partial charge is 0.253 e. The molecule has 0 atom stereocenters. The summed E-state index contributed by atoms with van der Waals surface area (Å²) in [5.41, 5.74) is 1.43. The van der Waals surface area contributed by atoms with E-state index in [4.69, 9.17) is 0 Å². The minimum absolute atomic E-state index is 0.0213. The Morgan fingerprint density at radius 1 is 1.53 bits per heavy atom. The van der Waals surface area contributed by atoms with Gasteiger partial charge in [-0.25, -0.2) is 0 Å². The van der Waals surface area contributed by atoms with Gasteiger partial charge in [-0.1, -0.05) is 15.9 Å². The van der Waals surface area contributed by atoms with Gasteiger partial charge in [-0.05, 0) is 30.7 Å². The average molecular weight is 272 g/mol. The van der Waals surface area contributed by atoms with Crippen molar-refractivity contribution in [2.45, 2.75) is 6.92 Å². The molecule has 0 aliphatic heterocycles. The van der Waals surface area contributed by atoms with Gasteiger partial charge in [0.05, 0.1) is 0 Å². The van der Waals surface area contributed by atoms with E-state index < -0.39 is 0 Å². The van der Waals surface area contributed by atoms with Crippen LogP contribution in [0.25, 0.3) is 0 Å². The Morgan fingerprint density at radius 2 is 2.20 bits per heavy atom. The maximum Gasteiger partial charge on any atom is 0.253 e. The second kappa shape index (κ2) is 5.16. The standard InChI is InChI=1S/C11H14BrNO2/c1-8-7-9(14)3-4-10(8)11(15)13(2)6-5-12/h3-4,7,14H,5-6H2,1-2H3. The van der Waals surface area contributed by atoms with Crippen molar-refractivity contribution in [1.82, 2.24) is 4.90 Å². The lowest BCUT2D eigenvalue weighted by molar-refractivity contribution is 0.0803. The molecule has 4 heteroatoms. The van der Waals surface area contributed by atoms with Crippen LogP contribution in [0.3, 0.4) is 0 Å². The fourth-order valence-electron chi connectivity index (χ4n) is 1.32. The van der Waals surface area contributed by atoms with E-state index in [-0.39, 0.29) is 11.7 Å². The molecule has 1 N–H and O–H groups in total. The van der Waals surface area contributed by atoms with Crippen LogP contribution in [-0.2, 0) is 0 Å². The van der Waals surface area contributed by atoms with E-state index in [0.717, 1.165) is 10.9 Å². The lowest BCUT2D eigenvalue weighted by atomic mass is 10.1. The molecule has 0 heterocycles. The third-order valence-corrected chi connectivity index (χ3v) is 2.56. The van der Waals surface area contributed by atoms with Crippen molar-refractivity contribution in [3.8, 4) is 5.75 Å². The number of nitrogens with zero attached hydrogens (tertiary/aromatic N) is 1. The van der Waals surface area contributed by atoms with Crippen molar-refractivity contribution >= 4 is 21.8 Å². The lowest BCUT2D eigenvalue weighted by Crippen LogP contribution is -2.28. The molecule has 0 spiro atoms. The van der Waals surface area contributed by atoms with Crippen LogP contribution in [0.4, 0.5) is 0 Å². The second-order valence-corrected chi connectivity index (χ2v) is 4.21. The molecule has 0 bridgehead atoms. The molecule has 0 saturated heterocycles.